The van der Waals surface area contributed by atoms with Crippen molar-refractivity contribution in [2.45, 2.75) is 101 Å². The summed E-state index contributed by atoms with van der Waals surface area (Å²) in [6.45, 7) is 5.01. The van der Waals surface area contributed by atoms with Crippen LogP contribution in [0.4, 0.5) is 0 Å². The van der Waals surface area contributed by atoms with Crippen molar-refractivity contribution in [3.8, 4) is 0 Å². The van der Waals surface area contributed by atoms with E-state index in [1.54, 1.807) is 46.3 Å². The van der Waals surface area contributed by atoms with Gasteiger partial charge in [-0.25, -0.2) is 9.25 Å². The minimum absolute atomic E-state index is 0.0173. The highest BCUT2D eigenvalue weighted by Gasteiger charge is 2.58. The van der Waals surface area contributed by atoms with Crippen LogP contribution in [0.15, 0.2) is 6.20 Å². The summed E-state index contributed by atoms with van der Waals surface area (Å²) in [6, 6.07) is -1.03. The largest absolute Gasteiger partial charge is 0.475 e. The Bertz CT molecular complexity index is 1230. The lowest BCUT2D eigenvalue weighted by molar-refractivity contribution is -0.272. The molecule has 0 aromatic carbocycles. The van der Waals surface area contributed by atoms with Gasteiger partial charge in [0, 0.05) is 18.4 Å². The van der Waals surface area contributed by atoms with Crippen LogP contribution in [0, 0.1) is 0 Å². The molecule has 1 aromatic rings. The molecule has 4 saturated heterocycles. The SMILES string of the molecule is CC(=O)N[C@H]1[C@@H](OCCOCCn2cc(COC3CSSC[C@H]3OP3(=O)OCC4O[C@@H](C)[C@](C)(O)[C@@H]4O3)nn2)O[C@H](CO)[C@H](O)[C@@H]1O. The van der Waals surface area contributed by atoms with Crippen LogP contribution in [-0.2, 0) is 59.8 Å². The van der Waals surface area contributed by atoms with Gasteiger partial charge in [-0.15, -0.1) is 5.10 Å². The van der Waals surface area contributed by atoms with Gasteiger partial charge < -0.3 is 49.4 Å². The fraction of sp³-hybridized carbons (Fsp3) is 0.885. The van der Waals surface area contributed by atoms with E-state index in [2.05, 4.69) is 15.6 Å². The Balaban J connectivity index is 1.02. The molecule has 4 aliphatic heterocycles. The highest BCUT2D eigenvalue weighted by Crippen LogP contribution is 2.59. The Labute approximate surface area is 279 Å². The number of hydrogen-bond donors (Lipinski definition) is 5. The molecule has 5 N–H and O–H groups in total. The Morgan fingerprint density at radius 1 is 1.17 bits per heavy atom. The van der Waals surface area contributed by atoms with E-state index >= 15 is 0 Å². The first-order valence-electron chi connectivity index (χ1n) is 15.2. The average molecular weight is 731 g/mol. The lowest BCUT2D eigenvalue weighted by atomic mass is 9.94. The number of nitrogens with zero attached hydrogens (tertiary/aromatic N) is 3. The van der Waals surface area contributed by atoms with Crippen molar-refractivity contribution in [3.63, 3.8) is 0 Å². The molecule has 0 spiro atoms. The molecule has 4 aliphatic rings. The molecule has 0 bridgehead atoms. The summed E-state index contributed by atoms with van der Waals surface area (Å²) in [5, 5.41) is 51.4. The molecule has 5 rings (SSSR count). The second kappa shape index (κ2) is 16.4. The van der Waals surface area contributed by atoms with E-state index in [1.165, 1.54) is 6.92 Å². The minimum atomic E-state index is -3.99. The highest BCUT2D eigenvalue weighted by molar-refractivity contribution is 8.76. The topological polar surface area (TPSA) is 232 Å². The Morgan fingerprint density at radius 3 is 2.68 bits per heavy atom. The van der Waals surface area contributed by atoms with Crippen LogP contribution < -0.4 is 5.32 Å². The number of fused-ring (bicyclic) bond motifs is 1. The third kappa shape index (κ3) is 9.25. The van der Waals surface area contributed by atoms with Gasteiger partial charge in [0.05, 0.1) is 64.6 Å². The van der Waals surface area contributed by atoms with Crippen LogP contribution >= 0.6 is 29.4 Å². The standard InChI is InChI=1S/C26H43N4O14PS2/c1-14-26(3,35)24-18(41-14)11-40-45(36,44-24)43-20-13-47-46-12-19(20)39-10-16-8-30(29-28-16)4-5-37-6-7-38-25-21(27-15(2)32)23(34)22(33)17(9-31)42-25/h8,14,17-25,31,33-35H,4-7,9-13H2,1-3H3,(H,27,32)/t14-,17+,18?,19?,20+,21+,22-,23+,24+,25-,26-,45?/m0/s1. The third-order valence-electron chi connectivity index (χ3n) is 8.24. The van der Waals surface area contributed by atoms with E-state index in [0.29, 0.717) is 23.7 Å². The summed E-state index contributed by atoms with van der Waals surface area (Å²) in [5.41, 5.74) is -0.769. The smallest absolute Gasteiger partial charge is 0.394 e. The summed E-state index contributed by atoms with van der Waals surface area (Å²) < 4.78 is 60.6. The second-order valence-electron chi connectivity index (χ2n) is 11.8. The number of amides is 1. The number of phosphoric ester groups is 1. The van der Waals surface area contributed by atoms with Crippen LogP contribution in [0.5, 0.6) is 0 Å². The first-order chi connectivity index (χ1) is 22.4. The van der Waals surface area contributed by atoms with E-state index in [1.807, 2.05) is 0 Å². The van der Waals surface area contributed by atoms with E-state index in [9.17, 15) is 29.8 Å². The molecular formula is C26H43N4O14PS2. The van der Waals surface area contributed by atoms with Crippen LogP contribution in [0.25, 0.3) is 0 Å². The number of phosphoric acid groups is 1. The van der Waals surface area contributed by atoms with Gasteiger partial charge in [-0.1, -0.05) is 26.8 Å². The molecule has 268 valence electrons. The molecule has 5 heterocycles. The van der Waals surface area contributed by atoms with Crippen molar-refractivity contribution in [3.05, 3.63) is 11.9 Å². The van der Waals surface area contributed by atoms with Gasteiger partial charge in [0.1, 0.15) is 54.0 Å². The molecule has 47 heavy (non-hydrogen) atoms. The number of aromatic nitrogens is 3. The van der Waals surface area contributed by atoms with Gasteiger partial charge in [-0.2, -0.15) is 0 Å². The summed E-state index contributed by atoms with van der Waals surface area (Å²) in [4.78, 5) is 11.5. The molecule has 0 aliphatic carbocycles. The van der Waals surface area contributed by atoms with Crippen LogP contribution in [0.3, 0.4) is 0 Å². The lowest BCUT2D eigenvalue weighted by Gasteiger charge is -2.42. The van der Waals surface area contributed by atoms with Gasteiger partial charge in [-0.3, -0.25) is 18.4 Å². The zero-order valence-corrected chi connectivity index (χ0v) is 28.7. The third-order valence-corrected chi connectivity index (χ3v) is 12.1. The van der Waals surface area contributed by atoms with E-state index in [0.717, 1.165) is 0 Å². The number of ether oxygens (including phenoxy) is 5. The summed E-state index contributed by atoms with van der Waals surface area (Å²) in [6.07, 6.45) is -6.14. The fourth-order valence-corrected chi connectivity index (χ4v) is 9.64. The molecule has 1 aromatic heterocycles. The summed E-state index contributed by atoms with van der Waals surface area (Å²) >= 11 is 0. The number of carbonyl (C=O) groups is 1. The summed E-state index contributed by atoms with van der Waals surface area (Å²) in [5.74, 6) is 0.618. The fourth-order valence-electron chi connectivity index (χ4n) is 5.44. The van der Waals surface area contributed by atoms with Gasteiger partial charge in [0.25, 0.3) is 0 Å². The summed E-state index contributed by atoms with van der Waals surface area (Å²) in [7, 11) is -0.821. The molecular weight excluding hydrogens is 687 g/mol. The lowest BCUT2D eigenvalue weighted by Crippen LogP contribution is -2.64. The molecule has 0 radical (unpaired) electrons. The highest BCUT2D eigenvalue weighted by atomic mass is 33.1. The molecule has 3 unspecified atom stereocenters. The Morgan fingerprint density at radius 2 is 1.94 bits per heavy atom. The number of carbonyl (C=O) groups excluding carboxylic acids is 1. The predicted octanol–water partition coefficient (Wildman–Crippen LogP) is -1.02. The molecule has 1 amide bonds. The number of aliphatic hydroxyl groups is 4. The molecule has 4 fully saturated rings. The van der Waals surface area contributed by atoms with Crippen molar-refractivity contribution >= 4 is 35.3 Å². The maximum atomic E-state index is 13.4. The van der Waals surface area contributed by atoms with Crippen LogP contribution in [0.2, 0.25) is 0 Å². The van der Waals surface area contributed by atoms with Crippen molar-refractivity contribution in [1.82, 2.24) is 20.3 Å². The molecule has 18 nitrogen and oxygen atoms in total. The minimum Gasteiger partial charge on any atom is -0.394 e. The second-order valence-corrected chi connectivity index (χ2v) is 15.9. The number of nitrogens with one attached hydrogen (secondary N) is 1. The number of aliphatic hydroxyl groups excluding tert-OH is 3. The van der Waals surface area contributed by atoms with Gasteiger partial charge in [0.15, 0.2) is 6.29 Å². The van der Waals surface area contributed by atoms with Crippen molar-refractivity contribution in [2.24, 2.45) is 0 Å². The first kappa shape index (κ1) is 37.3. The van der Waals surface area contributed by atoms with Gasteiger partial charge in [0.2, 0.25) is 5.91 Å². The van der Waals surface area contributed by atoms with E-state index in [-0.39, 0.29) is 33.0 Å². The average Bonchev–Trinajstić information content (AvgIpc) is 3.58. The first-order valence-corrected chi connectivity index (χ1v) is 19.2. The maximum absolute atomic E-state index is 13.4. The number of hydrogen-bond acceptors (Lipinski definition) is 18. The van der Waals surface area contributed by atoms with Crippen LogP contribution in [-0.4, -0.2) is 153 Å². The Hall–Kier alpha value is -0.940. The van der Waals surface area contributed by atoms with Crippen molar-refractivity contribution in [2.75, 3.05) is 44.5 Å². The van der Waals surface area contributed by atoms with Crippen molar-refractivity contribution < 1.29 is 67.0 Å². The molecule has 0 saturated carbocycles. The predicted molar refractivity (Wildman–Crippen MR) is 164 cm³/mol. The van der Waals surface area contributed by atoms with Crippen molar-refractivity contribution in [1.29, 1.82) is 0 Å². The quantitative estimate of drug-likeness (QED) is 0.0876. The Kier molecular flexibility index (Phi) is 13.0. The van der Waals surface area contributed by atoms with Gasteiger partial charge >= 0.3 is 7.82 Å². The van der Waals surface area contributed by atoms with E-state index in [4.69, 9.17) is 37.3 Å². The maximum Gasteiger partial charge on any atom is 0.475 e. The van der Waals surface area contributed by atoms with Gasteiger partial charge in [-0.05, 0) is 13.8 Å². The normalized spacial score (nSPS) is 40.7. The monoisotopic (exact) mass is 730 g/mol. The molecule has 21 heteroatoms. The van der Waals surface area contributed by atoms with E-state index < -0.39 is 87.1 Å². The zero-order chi connectivity index (χ0) is 33.8. The number of rotatable bonds is 14. The molecule has 12 atom stereocenters. The zero-order valence-electron chi connectivity index (χ0n) is 26.2. The van der Waals surface area contributed by atoms with Crippen LogP contribution in [0.1, 0.15) is 26.5 Å².